The molecule has 201 valence electrons. The van der Waals surface area contributed by atoms with Crippen molar-refractivity contribution < 1.29 is 74.8 Å². The summed E-state index contributed by atoms with van der Waals surface area (Å²) in [5.41, 5.74) is 3.91. The Hall–Kier alpha value is -3.14. The van der Waals surface area contributed by atoms with Gasteiger partial charge >= 0.3 is 17.1 Å². The van der Waals surface area contributed by atoms with Crippen LogP contribution < -0.4 is 37.3 Å². The number of benzene rings is 2. The molecule has 2 aromatic carbocycles. The summed E-state index contributed by atoms with van der Waals surface area (Å²) in [5.74, 6) is 0. The van der Waals surface area contributed by atoms with Crippen LogP contribution in [0.15, 0.2) is 97.6 Å². The smallest absolute Gasteiger partial charge is 0.254 e. The molecule has 6 rings (SSSR count). The monoisotopic (exact) mass is 613 g/mol. The van der Waals surface area contributed by atoms with Crippen LogP contribution in [0.25, 0.3) is 43.6 Å². The van der Waals surface area contributed by atoms with Crippen molar-refractivity contribution in [3.05, 3.63) is 97.6 Å². The minimum absolute atomic E-state index is 0. The Kier molecular flexibility index (Phi) is 11.8. The average Bonchev–Trinajstić information content (AvgIpc) is 2.87. The molecule has 39 heavy (non-hydrogen) atoms. The SMILES string of the molecule is [Mn+2].[O-][Cl+3]([O-])([O-])[O-].[O-][Cl+3]([O-])([O-])[O-].c1cnc2c(c1)ccc1cccnc12.c1cnc2c(c1)ccc1cccnc12. The van der Waals surface area contributed by atoms with E-state index in [1.165, 1.54) is 0 Å². The fourth-order valence-corrected chi connectivity index (χ4v) is 3.36. The molecular formula is C24H16Cl2MnN4O8. The largest absolute Gasteiger partial charge is 2.00 e. The van der Waals surface area contributed by atoms with Crippen molar-refractivity contribution in [1.29, 1.82) is 0 Å². The standard InChI is InChI=1S/2C12H8N2.2ClHO4.Mn/c2*1-3-9-5-6-10-4-2-8-14-12(10)11(9)13-7-1;2*2-1(3,4)5;/h2*1-8H;2*(H,2,3,4,5);/q;;;;+2/p-2. The third kappa shape index (κ3) is 10.9. The van der Waals surface area contributed by atoms with Gasteiger partial charge in [-0.3, -0.25) is 19.9 Å². The first kappa shape index (κ1) is 32.1. The summed E-state index contributed by atoms with van der Waals surface area (Å²) in [6.45, 7) is 0. The number of halogens is 2. The third-order valence-electron chi connectivity index (χ3n) is 4.69. The van der Waals surface area contributed by atoms with Gasteiger partial charge in [0.25, 0.3) is 0 Å². The number of nitrogens with zero attached hydrogens (tertiary/aromatic N) is 4. The Bertz CT molecular complexity index is 1410. The summed E-state index contributed by atoms with van der Waals surface area (Å²) in [6, 6.07) is 24.3. The summed E-state index contributed by atoms with van der Waals surface area (Å²) >= 11 is 0. The predicted octanol–water partition coefficient (Wildman–Crippen LogP) is -3.95. The van der Waals surface area contributed by atoms with Gasteiger partial charge in [0.1, 0.15) is 0 Å². The molecule has 12 nitrogen and oxygen atoms in total. The Morgan fingerprint density at radius 1 is 0.359 bits per heavy atom. The van der Waals surface area contributed by atoms with Gasteiger partial charge in [-0.1, -0.05) is 48.5 Å². The topological polar surface area (TPSA) is 236 Å². The second-order valence-electron chi connectivity index (χ2n) is 7.19. The molecule has 0 amide bonds. The number of rotatable bonds is 0. The van der Waals surface area contributed by atoms with Crippen molar-refractivity contribution in [2.75, 3.05) is 0 Å². The van der Waals surface area contributed by atoms with E-state index in [0.29, 0.717) is 0 Å². The number of hydrogen-bond acceptors (Lipinski definition) is 12. The molecular weight excluding hydrogens is 598 g/mol. The van der Waals surface area contributed by atoms with Gasteiger partial charge in [0.15, 0.2) is 0 Å². The second kappa shape index (κ2) is 14.3. The van der Waals surface area contributed by atoms with E-state index >= 15 is 0 Å². The Labute approximate surface area is 235 Å². The summed E-state index contributed by atoms with van der Waals surface area (Å²) in [4.78, 5) is 17.4. The van der Waals surface area contributed by atoms with Gasteiger partial charge in [-0.05, 0) is 24.3 Å². The molecule has 0 bridgehead atoms. The first-order valence-corrected chi connectivity index (χ1v) is 12.8. The quantitative estimate of drug-likeness (QED) is 0.118. The maximum Gasteiger partial charge on any atom is 2.00 e. The van der Waals surface area contributed by atoms with E-state index in [9.17, 15) is 0 Å². The molecule has 0 saturated heterocycles. The van der Waals surface area contributed by atoms with E-state index in [1.54, 1.807) is 24.8 Å². The first-order chi connectivity index (χ1) is 17.9. The van der Waals surface area contributed by atoms with Crippen molar-refractivity contribution in [1.82, 2.24) is 19.9 Å². The summed E-state index contributed by atoms with van der Waals surface area (Å²) < 4.78 is 67.9. The van der Waals surface area contributed by atoms with Gasteiger partial charge in [-0.25, -0.2) is 37.3 Å². The molecule has 4 heterocycles. The fourth-order valence-electron chi connectivity index (χ4n) is 3.36. The number of hydrogen-bond donors (Lipinski definition) is 0. The normalized spacial score (nSPS) is 10.9. The van der Waals surface area contributed by atoms with Gasteiger partial charge in [-0.2, -0.15) is 0 Å². The van der Waals surface area contributed by atoms with Crippen LogP contribution >= 0.6 is 0 Å². The second-order valence-corrected chi connectivity index (χ2v) is 8.70. The molecule has 0 atom stereocenters. The van der Waals surface area contributed by atoms with Crippen molar-refractivity contribution in [2.45, 2.75) is 0 Å². The van der Waals surface area contributed by atoms with Gasteiger partial charge < -0.3 is 0 Å². The Morgan fingerprint density at radius 2 is 0.538 bits per heavy atom. The molecule has 6 aromatic rings. The van der Waals surface area contributed by atoms with Crippen molar-refractivity contribution in [3.63, 3.8) is 0 Å². The molecule has 0 N–H and O–H groups in total. The zero-order valence-electron chi connectivity index (χ0n) is 19.4. The molecule has 0 saturated carbocycles. The summed E-state index contributed by atoms with van der Waals surface area (Å²) in [7, 11) is -9.89. The Morgan fingerprint density at radius 3 is 0.718 bits per heavy atom. The zero-order valence-corrected chi connectivity index (χ0v) is 22.1. The molecule has 0 spiro atoms. The molecule has 0 aliphatic carbocycles. The van der Waals surface area contributed by atoms with Crippen molar-refractivity contribution in [3.8, 4) is 0 Å². The van der Waals surface area contributed by atoms with Gasteiger partial charge in [0.05, 0.1) is 22.1 Å². The van der Waals surface area contributed by atoms with Crippen molar-refractivity contribution >= 4 is 43.6 Å². The van der Waals surface area contributed by atoms with Gasteiger partial charge in [0.2, 0.25) is 0 Å². The number of pyridine rings is 4. The maximum atomic E-state index is 8.49. The number of fused-ring (bicyclic) bond motifs is 6. The van der Waals surface area contributed by atoms with E-state index in [0.717, 1.165) is 43.6 Å². The van der Waals surface area contributed by atoms with Gasteiger partial charge in [-0.15, -0.1) is 20.5 Å². The minimum Gasteiger partial charge on any atom is -0.254 e. The van der Waals surface area contributed by atoms with E-state index < -0.39 is 20.5 Å². The van der Waals surface area contributed by atoms with E-state index in [1.807, 2.05) is 24.3 Å². The molecule has 0 aliphatic rings. The van der Waals surface area contributed by atoms with Crippen LogP contribution in [0.5, 0.6) is 0 Å². The van der Waals surface area contributed by atoms with Crippen LogP contribution in [0.2, 0.25) is 0 Å². The molecule has 0 aliphatic heterocycles. The predicted molar refractivity (Wildman–Crippen MR) is 114 cm³/mol. The Balaban J connectivity index is 0.000000202. The van der Waals surface area contributed by atoms with Crippen LogP contribution in [0.3, 0.4) is 0 Å². The maximum absolute atomic E-state index is 8.49. The van der Waals surface area contributed by atoms with E-state index in [2.05, 4.69) is 68.5 Å². The first-order valence-electron chi connectivity index (χ1n) is 10.3. The van der Waals surface area contributed by atoms with Crippen LogP contribution in [-0.2, 0) is 17.1 Å². The summed E-state index contributed by atoms with van der Waals surface area (Å²) in [5, 5.41) is 4.55. The van der Waals surface area contributed by atoms with Crippen LogP contribution in [-0.4, -0.2) is 19.9 Å². The summed E-state index contributed by atoms with van der Waals surface area (Å²) in [6.07, 6.45) is 7.21. The molecule has 0 unspecified atom stereocenters. The molecule has 15 heteroatoms. The van der Waals surface area contributed by atoms with Crippen LogP contribution in [0, 0.1) is 20.5 Å². The fraction of sp³-hybridized carbons (Fsp3) is 0. The van der Waals surface area contributed by atoms with Crippen LogP contribution in [0.1, 0.15) is 0 Å². The molecule has 0 fully saturated rings. The van der Waals surface area contributed by atoms with Crippen LogP contribution in [0.4, 0.5) is 0 Å². The minimum atomic E-state index is -4.94. The van der Waals surface area contributed by atoms with Gasteiger partial charge in [0, 0.05) is 46.3 Å². The average molecular weight is 614 g/mol. The van der Waals surface area contributed by atoms with E-state index in [4.69, 9.17) is 37.3 Å². The van der Waals surface area contributed by atoms with E-state index in [-0.39, 0.29) is 17.1 Å². The number of aromatic nitrogens is 4. The third-order valence-corrected chi connectivity index (χ3v) is 4.69. The zero-order chi connectivity index (χ0) is 27.8. The molecule has 4 aromatic heterocycles. The van der Waals surface area contributed by atoms with Crippen molar-refractivity contribution in [2.24, 2.45) is 0 Å². The molecule has 1 radical (unpaired) electrons.